The number of carbonyl (C=O) groups excluding carboxylic acids is 1. The minimum Gasteiger partial charge on any atom is -0.462 e. The molecule has 0 unspecified atom stereocenters. The van der Waals surface area contributed by atoms with Crippen molar-refractivity contribution in [2.45, 2.75) is 13.5 Å². The van der Waals surface area contributed by atoms with Crippen LogP contribution in [0, 0.1) is 5.82 Å². The van der Waals surface area contributed by atoms with Crippen molar-refractivity contribution in [3.8, 4) is 0 Å². The zero-order chi connectivity index (χ0) is 19.0. The molecule has 0 spiro atoms. The maximum Gasteiger partial charge on any atom is 0.348 e. The summed E-state index contributed by atoms with van der Waals surface area (Å²) in [5.41, 5.74) is 0.495. The zero-order valence-electron chi connectivity index (χ0n) is 14.3. The van der Waals surface area contributed by atoms with Crippen LogP contribution in [0.15, 0.2) is 47.3 Å². The molecule has 0 saturated heterocycles. The van der Waals surface area contributed by atoms with E-state index in [1.807, 2.05) is 0 Å². The van der Waals surface area contributed by atoms with Gasteiger partial charge in [-0.1, -0.05) is 23.4 Å². The summed E-state index contributed by atoms with van der Waals surface area (Å²) in [4.78, 5) is 25.4. The summed E-state index contributed by atoms with van der Waals surface area (Å²) in [5, 5.41) is 8.70. The van der Waals surface area contributed by atoms with E-state index in [4.69, 9.17) is 4.74 Å². The molecule has 2 aromatic carbocycles. The van der Waals surface area contributed by atoms with Crippen LogP contribution in [0.25, 0.3) is 21.0 Å². The van der Waals surface area contributed by atoms with Crippen LogP contribution in [0.2, 0.25) is 0 Å². The van der Waals surface area contributed by atoms with Crippen molar-refractivity contribution < 1.29 is 13.9 Å². The Hall–Kier alpha value is -3.13. The minimum atomic E-state index is -0.546. The Morgan fingerprint density at radius 1 is 1.22 bits per heavy atom. The van der Waals surface area contributed by atoms with Gasteiger partial charge >= 0.3 is 5.97 Å². The number of carbonyl (C=O) groups is 1. The van der Waals surface area contributed by atoms with Crippen molar-refractivity contribution in [2.24, 2.45) is 0 Å². The Labute approximate surface area is 156 Å². The molecule has 2 aromatic heterocycles. The monoisotopic (exact) mass is 383 g/mol. The van der Waals surface area contributed by atoms with Crippen LogP contribution >= 0.6 is 11.3 Å². The van der Waals surface area contributed by atoms with E-state index in [2.05, 4.69) is 10.3 Å². The van der Waals surface area contributed by atoms with Gasteiger partial charge in [0.15, 0.2) is 0 Å². The number of ether oxygens (including phenoxy) is 1. The lowest BCUT2D eigenvalue weighted by Crippen LogP contribution is -2.25. The Balaban J connectivity index is 1.91. The molecule has 0 saturated carbocycles. The van der Waals surface area contributed by atoms with Crippen molar-refractivity contribution in [1.82, 2.24) is 15.0 Å². The van der Waals surface area contributed by atoms with Gasteiger partial charge in [-0.05, 0) is 31.2 Å². The topological polar surface area (TPSA) is 74.1 Å². The second-order valence-corrected chi connectivity index (χ2v) is 6.86. The average Bonchev–Trinajstić information content (AvgIpc) is 3.04. The van der Waals surface area contributed by atoms with E-state index >= 15 is 0 Å². The summed E-state index contributed by atoms with van der Waals surface area (Å²) in [6.45, 7) is 1.82. The predicted octanol–water partition coefficient (Wildman–Crippen LogP) is 3.37. The van der Waals surface area contributed by atoms with Crippen LogP contribution in [0.1, 0.15) is 22.2 Å². The first-order valence-corrected chi connectivity index (χ1v) is 9.11. The van der Waals surface area contributed by atoms with Crippen molar-refractivity contribution >= 4 is 38.3 Å². The van der Waals surface area contributed by atoms with Gasteiger partial charge in [-0.25, -0.2) is 13.9 Å². The molecule has 0 N–H and O–H groups in total. The van der Waals surface area contributed by atoms with Gasteiger partial charge in [0.2, 0.25) is 0 Å². The van der Waals surface area contributed by atoms with E-state index in [9.17, 15) is 14.0 Å². The van der Waals surface area contributed by atoms with Crippen LogP contribution in [0.5, 0.6) is 0 Å². The number of halogens is 1. The molecule has 136 valence electrons. The molecular formula is C19H14FN3O3S. The first-order chi connectivity index (χ1) is 13.1. The van der Waals surface area contributed by atoms with Gasteiger partial charge in [0.05, 0.1) is 18.5 Å². The summed E-state index contributed by atoms with van der Waals surface area (Å²) in [6.07, 6.45) is 0. The molecule has 0 aliphatic rings. The molecular weight excluding hydrogens is 369 g/mol. The van der Waals surface area contributed by atoms with Gasteiger partial charge < -0.3 is 4.74 Å². The Bertz CT molecular complexity index is 1230. The van der Waals surface area contributed by atoms with Gasteiger partial charge in [-0.15, -0.1) is 16.4 Å². The molecule has 2 heterocycles. The normalized spacial score (nSPS) is 11.2. The highest BCUT2D eigenvalue weighted by Gasteiger charge is 2.23. The maximum atomic E-state index is 14.5. The summed E-state index contributed by atoms with van der Waals surface area (Å²) in [7, 11) is 0. The lowest BCUT2D eigenvalue weighted by atomic mass is 10.1. The first-order valence-electron chi connectivity index (χ1n) is 8.29. The van der Waals surface area contributed by atoms with Crippen LogP contribution in [0.3, 0.4) is 0 Å². The molecule has 0 bridgehead atoms. The molecule has 0 atom stereocenters. The van der Waals surface area contributed by atoms with Gasteiger partial charge in [0, 0.05) is 15.6 Å². The van der Waals surface area contributed by atoms with Crippen LogP contribution in [0.4, 0.5) is 4.39 Å². The smallest absolute Gasteiger partial charge is 0.348 e. The largest absolute Gasteiger partial charge is 0.462 e. The van der Waals surface area contributed by atoms with Gasteiger partial charge in [-0.3, -0.25) is 4.79 Å². The lowest BCUT2D eigenvalue weighted by molar-refractivity contribution is 0.0531. The second kappa shape index (κ2) is 6.88. The highest BCUT2D eigenvalue weighted by Crippen LogP contribution is 2.34. The summed E-state index contributed by atoms with van der Waals surface area (Å²) in [5.74, 6) is -1.01. The van der Waals surface area contributed by atoms with Crippen LogP contribution < -0.4 is 5.56 Å². The molecule has 6 nitrogen and oxygen atoms in total. The number of esters is 1. The highest BCUT2D eigenvalue weighted by atomic mass is 32.1. The Morgan fingerprint density at radius 3 is 2.85 bits per heavy atom. The molecule has 0 aliphatic heterocycles. The third-order valence-electron chi connectivity index (χ3n) is 4.16. The number of thiophene rings is 1. The van der Waals surface area contributed by atoms with Crippen LogP contribution in [-0.4, -0.2) is 27.6 Å². The number of fused-ring (bicyclic) bond motifs is 2. The zero-order valence-corrected chi connectivity index (χ0v) is 15.1. The number of nitrogens with zero attached hydrogens (tertiary/aromatic N) is 3. The fourth-order valence-corrected chi connectivity index (χ4v) is 4.08. The van der Waals surface area contributed by atoms with Crippen LogP contribution in [-0.2, 0) is 11.3 Å². The fraction of sp³-hybridized carbons (Fsp3) is 0.158. The Morgan fingerprint density at radius 2 is 2.04 bits per heavy atom. The summed E-state index contributed by atoms with van der Waals surface area (Å²) < 4.78 is 21.3. The molecule has 8 heteroatoms. The van der Waals surface area contributed by atoms with Gasteiger partial charge in [-0.2, -0.15) is 0 Å². The number of rotatable bonds is 4. The van der Waals surface area contributed by atoms with E-state index in [1.165, 1.54) is 6.07 Å². The number of aromatic nitrogens is 3. The number of hydrogen-bond acceptors (Lipinski definition) is 6. The van der Waals surface area contributed by atoms with E-state index in [1.54, 1.807) is 43.3 Å². The third-order valence-corrected chi connectivity index (χ3v) is 5.34. The lowest BCUT2D eigenvalue weighted by Gasteiger charge is -2.07. The number of hydrogen-bond donors (Lipinski definition) is 0. The van der Waals surface area contributed by atoms with Crippen molar-refractivity contribution in [3.05, 3.63) is 69.1 Å². The highest BCUT2D eigenvalue weighted by molar-refractivity contribution is 7.21. The van der Waals surface area contributed by atoms with Crippen molar-refractivity contribution in [2.75, 3.05) is 6.61 Å². The predicted molar refractivity (Wildman–Crippen MR) is 101 cm³/mol. The molecule has 0 amide bonds. The third kappa shape index (κ3) is 2.97. The molecule has 4 rings (SSSR count). The number of benzene rings is 2. The van der Waals surface area contributed by atoms with E-state index in [0.29, 0.717) is 26.6 Å². The van der Waals surface area contributed by atoms with Crippen molar-refractivity contribution in [1.29, 1.82) is 0 Å². The maximum absolute atomic E-state index is 14.5. The molecule has 4 aromatic rings. The van der Waals surface area contributed by atoms with Gasteiger partial charge in [0.1, 0.15) is 16.2 Å². The molecule has 27 heavy (non-hydrogen) atoms. The molecule has 0 aliphatic carbocycles. The standard InChI is InChI=1S/C19H14FN3O3S/c1-2-26-19(25)17-12(16-13(20)7-5-9-15(16)27-17)10-23-18(24)11-6-3-4-8-14(11)21-22-23/h3-9H,2,10H2,1H3. The Kier molecular flexibility index (Phi) is 4.41. The average molecular weight is 383 g/mol. The summed E-state index contributed by atoms with van der Waals surface area (Å²) in [6, 6.07) is 11.5. The SMILES string of the molecule is CCOC(=O)c1sc2cccc(F)c2c1Cn1nnc2ccccc2c1=O. The molecule has 0 radical (unpaired) electrons. The fourth-order valence-electron chi connectivity index (χ4n) is 2.96. The van der Waals surface area contributed by atoms with Crippen molar-refractivity contribution in [3.63, 3.8) is 0 Å². The van der Waals surface area contributed by atoms with E-state index < -0.39 is 11.8 Å². The second-order valence-electron chi connectivity index (χ2n) is 5.81. The molecule has 0 fully saturated rings. The minimum absolute atomic E-state index is 0.0776. The van der Waals surface area contributed by atoms with Gasteiger partial charge in [0.25, 0.3) is 5.56 Å². The summed E-state index contributed by atoms with van der Waals surface area (Å²) >= 11 is 1.14. The van der Waals surface area contributed by atoms with E-state index in [-0.39, 0.29) is 23.6 Å². The quantitative estimate of drug-likeness (QED) is 0.505. The first kappa shape index (κ1) is 17.3. The van der Waals surface area contributed by atoms with E-state index in [0.717, 1.165) is 16.0 Å².